The number of amides is 1. The van der Waals surface area contributed by atoms with Crippen molar-refractivity contribution in [3.05, 3.63) is 32.7 Å². The maximum absolute atomic E-state index is 11.8. The molecular weight excluding hydrogens is 378 g/mol. The molecule has 0 spiro atoms. The van der Waals surface area contributed by atoms with Crippen molar-refractivity contribution in [3.63, 3.8) is 0 Å². The first-order valence-electron chi connectivity index (χ1n) is 5.75. The number of carbonyl (C=O) groups excluding carboxylic acids is 1. The van der Waals surface area contributed by atoms with Gasteiger partial charge >= 0.3 is 0 Å². The highest BCUT2D eigenvalue weighted by atomic mass is 79.9. The summed E-state index contributed by atoms with van der Waals surface area (Å²) in [4.78, 5) is 11.8. The molecule has 2 rings (SSSR count). The zero-order chi connectivity index (χ0) is 13.8. The third-order valence-electron chi connectivity index (χ3n) is 2.64. The number of aromatic amines is 1. The lowest BCUT2D eigenvalue weighted by atomic mass is 10.3. The largest absolute Gasteiger partial charge is 0.351 e. The quantitative estimate of drug-likeness (QED) is 0.769. The molecule has 0 aromatic carbocycles. The van der Waals surface area contributed by atoms with Crippen LogP contribution >= 0.6 is 31.9 Å². The van der Waals surface area contributed by atoms with Gasteiger partial charge in [-0.05, 0) is 51.3 Å². The summed E-state index contributed by atoms with van der Waals surface area (Å²) in [7, 11) is 0. The number of carbonyl (C=O) groups is 1. The van der Waals surface area contributed by atoms with E-state index in [1.54, 1.807) is 6.20 Å². The number of halogens is 2. The Kier molecular flexibility index (Phi) is 4.76. The summed E-state index contributed by atoms with van der Waals surface area (Å²) in [5, 5.41) is 13.6. The van der Waals surface area contributed by atoms with Crippen LogP contribution in [0.4, 0.5) is 0 Å². The van der Waals surface area contributed by atoms with Crippen LogP contribution in [0, 0.1) is 6.92 Å². The van der Waals surface area contributed by atoms with E-state index in [2.05, 4.69) is 52.5 Å². The van der Waals surface area contributed by atoms with Crippen LogP contribution in [-0.2, 0) is 6.54 Å². The number of H-pyrrole nitrogens is 1. The van der Waals surface area contributed by atoms with E-state index in [1.807, 2.05) is 17.7 Å². The molecule has 6 nitrogen and oxygen atoms in total. The van der Waals surface area contributed by atoms with Gasteiger partial charge in [-0.3, -0.25) is 14.6 Å². The zero-order valence-corrected chi connectivity index (χ0v) is 13.5. The van der Waals surface area contributed by atoms with Gasteiger partial charge in [0.05, 0.1) is 4.47 Å². The van der Waals surface area contributed by atoms with Crippen molar-refractivity contribution in [2.75, 3.05) is 6.54 Å². The molecule has 0 radical (unpaired) electrons. The Morgan fingerprint density at radius 3 is 2.89 bits per heavy atom. The molecule has 2 heterocycles. The van der Waals surface area contributed by atoms with Crippen molar-refractivity contribution in [2.45, 2.75) is 19.9 Å². The summed E-state index contributed by atoms with van der Waals surface area (Å²) in [6.45, 7) is 3.36. The lowest BCUT2D eigenvalue weighted by molar-refractivity contribution is 0.0947. The normalized spacial score (nSPS) is 10.7. The summed E-state index contributed by atoms with van der Waals surface area (Å²) in [5.74, 6) is -0.203. The first-order valence-corrected chi connectivity index (χ1v) is 7.34. The Morgan fingerprint density at radius 2 is 2.32 bits per heavy atom. The van der Waals surface area contributed by atoms with Crippen molar-refractivity contribution in [1.82, 2.24) is 25.3 Å². The van der Waals surface area contributed by atoms with Gasteiger partial charge in [-0.15, -0.1) is 0 Å². The van der Waals surface area contributed by atoms with Crippen LogP contribution < -0.4 is 5.32 Å². The van der Waals surface area contributed by atoms with E-state index in [0.29, 0.717) is 21.3 Å². The highest BCUT2D eigenvalue weighted by Gasteiger charge is 2.15. The standard InChI is InChI=1S/C11H13Br2N5O/c1-7-3-5-15-18(7)6-2-4-14-11(19)9-8(12)10(13)17-16-9/h3,5H,2,4,6H2,1H3,(H,14,19)(H,16,17). The average Bonchev–Trinajstić information content (AvgIpc) is 2.93. The SMILES string of the molecule is Cc1ccnn1CCCNC(=O)c1n[nH]c(Br)c1Br. The fraction of sp³-hybridized carbons (Fsp3) is 0.364. The summed E-state index contributed by atoms with van der Waals surface area (Å²) in [6.07, 6.45) is 2.59. The Balaban J connectivity index is 1.79. The van der Waals surface area contributed by atoms with Gasteiger partial charge in [0.25, 0.3) is 5.91 Å². The predicted octanol–water partition coefficient (Wildman–Crippen LogP) is 2.26. The van der Waals surface area contributed by atoms with E-state index in [-0.39, 0.29) is 5.91 Å². The van der Waals surface area contributed by atoms with E-state index in [9.17, 15) is 4.79 Å². The Hall–Kier alpha value is -1.15. The summed E-state index contributed by atoms with van der Waals surface area (Å²) >= 11 is 6.53. The Bertz CT molecular complexity index is 577. The lowest BCUT2D eigenvalue weighted by Crippen LogP contribution is -2.26. The minimum absolute atomic E-state index is 0.203. The molecule has 0 saturated heterocycles. The lowest BCUT2D eigenvalue weighted by Gasteiger charge is -2.05. The molecule has 0 bridgehead atoms. The van der Waals surface area contributed by atoms with Gasteiger partial charge in [-0.1, -0.05) is 0 Å². The number of nitrogens with zero attached hydrogens (tertiary/aromatic N) is 3. The van der Waals surface area contributed by atoms with Crippen molar-refractivity contribution >= 4 is 37.8 Å². The van der Waals surface area contributed by atoms with Crippen LogP contribution in [0.3, 0.4) is 0 Å². The maximum Gasteiger partial charge on any atom is 0.273 e. The molecule has 19 heavy (non-hydrogen) atoms. The molecule has 0 fully saturated rings. The predicted molar refractivity (Wildman–Crippen MR) is 77.9 cm³/mol. The van der Waals surface area contributed by atoms with Crippen molar-refractivity contribution in [2.24, 2.45) is 0 Å². The molecule has 0 aliphatic carbocycles. The van der Waals surface area contributed by atoms with Crippen LogP contribution in [0.1, 0.15) is 22.6 Å². The molecule has 0 aliphatic rings. The molecule has 2 aromatic rings. The highest BCUT2D eigenvalue weighted by molar-refractivity contribution is 9.13. The van der Waals surface area contributed by atoms with Crippen LogP contribution in [-0.4, -0.2) is 32.4 Å². The van der Waals surface area contributed by atoms with Gasteiger partial charge in [0.15, 0.2) is 5.69 Å². The molecular formula is C11H13Br2N5O. The van der Waals surface area contributed by atoms with Crippen LogP contribution in [0.15, 0.2) is 21.3 Å². The fourth-order valence-electron chi connectivity index (χ4n) is 1.60. The van der Waals surface area contributed by atoms with E-state index >= 15 is 0 Å². The summed E-state index contributed by atoms with van der Waals surface area (Å²) in [5.41, 5.74) is 1.47. The minimum Gasteiger partial charge on any atom is -0.351 e. The van der Waals surface area contributed by atoms with Gasteiger partial charge < -0.3 is 5.32 Å². The molecule has 2 aromatic heterocycles. The summed E-state index contributed by atoms with van der Waals surface area (Å²) < 4.78 is 3.20. The number of rotatable bonds is 5. The molecule has 0 aliphatic heterocycles. The molecule has 0 unspecified atom stereocenters. The van der Waals surface area contributed by atoms with Gasteiger partial charge in [-0.2, -0.15) is 10.2 Å². The number of aromatic nitrogens is 4. The second-order valence-corrected chi connectivity index (χ2v) is 5.59. The monoisotopic (exact) mass is 389 g/mol. The second-order valence-electron chi connectivity index (χ2n) is 4.01. The molecule has 102 valence electrons. The number of hydrogen-bond donors (Lipinski definition) is 2. The fourth-order valence-corrected chi connectivity index (χ4v) is 2.24. The third kappa shape index (κ3) is 3.44. The number of hydrogen-bond acceptors (Lipinski definition) is 3. The van der Waals surface area contributed by atoms with E-state index in [4.69, 9.17) is 0 Å². The molecule has 1 amide bonds. The molecule has 0 atom stereocenters. The van der Waals surface area contributed by atoms with Crippen molar-refractivity contribution in [1.29, 1.82) is 0 Å². The van der Waals surface area contributed by atoms with E-state index < -0.39 is 0 Å². The second kappa shape index (κ2) is 6.33. The first-order chi connectivity index (χ1) is 9.09. The van der Waals surface area contributed by atoms with Gasteiger partial charge in [-0.25, -0.2) is 0 Å². The smallest absolute Gasteiger partial charge is 0.273 e. The third-order valence-corrected chi connectivity index (χ3v) is 4.52. The average molecular weight is 391 g/mol. The van der Waals surface area contributed by atoms with Crippen molar-refractivity contribution in [3.8, 4) is 0 Å². The Morgan fingerprint density at radius 1 is 1.53 bits per heavy atom. The minimum atomic E-state index is -0.203. The number of nitrogens with one attached hydrogen (secondary N) is 2. The Labute approximate surface area is 127 Å². The van der Waals surface area contributed by atoms with E-state index in [0.717, 1.165) is 18.7 Å². The zero-order valence-electron chi connectivity index (χ0n) is 10.3. The van der Waals surface area contributed by atoms with Crippen LogP contribution in [0.5, 0.6) is 0 Å². The van der Waals surface area contributed by atoms with Gasteiger partial charge in [0, 0.05) is 25.0 Å². The highest BCUT2D eigenvalue weighted by Crippen LogP contribution is 2.23. The van der Waals surface area contributed by atoms with Gasteiger partial charge in [0.2, 0.25) is 0 Å². The molecule has 0 saturated carbocycles. The van der Waals surface area contributed by atoms with Gasteiger partial charge in [0.1, 0.15) is 4.60 Å². The number of aryl methyl sites for hydroxylation is 2. The van der Waals surface area contributed by atoms with Crippen LogP contribution in [0.25, 0.3) is 0 Å². The topological polar surface area (TPSA) is 75.6 Å². The molecule has 2 N–H and O–H groups in total. The summed E-state index contributed by atoms with van der Waals surface area (Å²) in [6, 6.07) is 1.96. The maximum atomic E-state index is 11.8. The van der Waals surface area contributed by atoms with Crippen molar-refractivity contribution < 1.29 is 4.79 Å². The molecule has 8 heteroatoms. The van der Waals surface area contributed by atoms with Crippen LogP contribution in [0.2, 0.25) is 0 Å². The van der Waals surface area contributed by atoms with E-state index in [1.165, 1.54) is 0 Å². The first kappa shape index (κ1) is 14.3.